The van der Waals surface area contributed by atoms with Crippen molar-refractivity contribution in [2.45, 2.75) is 24.9 Å². The van der Waals surface area contributed by atoms with E-state index >= 15 is 0 Å². The Bertz CT molecular complexity index is 1100. The molecule has 0 spiro atoms. The fourth-order valence-electron chi connectivity index (χ4n) is 3.23. The molecule has 0 fully saturated rings. The molecule has 0 aliphatic heterocycles. The molecule has 11 heteroatoms. The summed E-state index contributed by atoms with van der Waals surface area (Å²) in [5.74, 6) is -1.57. The van der Waals surface area contributed by atoms with Gasteiger partial charge in [-0.15, -0.1) is 0 Å². The first-order chi connectivity index (χ1) is 16.4. The summed E-state index contributed by atoms with van der Waals surface area (Å²) in [6.07, 6.45) is -8.51. The number of nitrogens with zero attached hydrogens (tertiary/aromatic N) is 1. The van der Waals surface area contributed by atoms with Gasteiger partial charge in [0.2, 0.25) is 0 Å². The fourth-order valence-corrected chi connectivity index (χ4v) is 3.23. The van der Waals surface area contributed by atoms with Gasteiger partial charge < -0.3 is 10.1 Å². The molecule has 3 rings (SSSR count). The van der Waals surface area contributed by atoms with Crippen LogP contribution in [0, 0.1) is 5.82 Å². The minimum absolute atomic E-state index is 0.00255. The van der Waals surface area contributed by atoms with Crippen LogP contribution in [0.2, 0.25) is 0 Å². The Balaban J connectivity index is 1.74. The zero-order valence-electron chi connectivity index (χ0n) is 18.0. The van der Waals surface area contributed by atoms with Crippen LogP contribution >= 0.6 is 0 Å². The van der Waals surface area contributed by atoms with Gasteiger partial charge in [-0.25, -0.2) is 4.39 Å². The van der Waals surface area contributed by atoms with Crippen molar-refractivity contribution < 1.29 is 40.3 Å². The molecule has 1 heterocycles. The van der Waals surface area contributed by atoms with Crippen LogP contribution < -0.4 is 5.32 Å². The lowest BCUT2D eigenvalue weighted by atomic mass is 9.99. The SMILES string of the molecule is O=C(NCC(COCc1cc(C(F)(F)F)cc(C(F)(F)F)c1)c1ccc(F)cc1)c1ccccn1. The highest BCUT2D eigenvalue weighted by molar-refractivity contribution is 5.92. The molecule has 0 saturated heterocycles. The molecule has 4 nitrogen and oxygen atoms in total. The maximum absolute atomic E-state index is 13.3. The first-order valence-corrected chi connectivity index (χ1v) is 10.2. The zero-order valence-corrected chi connectivity index (χ0v) is 18.0. The van der Waals surface area contributed by atoms with E-state index in [-0.39, 0.29) is 30.5 Å². The normalized spacial score (nSPS) is 12.9. The molecule has 35 heavy (non-hydrogen) atoms. The monoisotopic (exact) mass is 500 g/mol. The number of pyridine rings is 1. The second kappa shape index (κ2) is 10.9. The Morgan fingerprint density at radius 3 is 2.09 bits per heavy atom. The van der Waals surface area contributed by atoms with Gasteiger partial charge in [0.1, 0.15) is 11.5 Å². The summed E-state index contributed by atoms with van der Waals surface area (Å²) in [5, 5.41) is 2.65. The van der Waals surface area contributed by atoms with Crippen LogP contribution in [0.25, 0.3) is 0 Å². The van der Waals surface area contributed by atoms with E-state index in [4.69, 9.17) is 4.74 Å². The molecule has 186 valence electrons. The molecule has 0 saturated carbocycles. The van der Waals surface area contributed by atoms with E-state index in [1.54, 1.807) is 12.1 Å². The van der Waals surface area contributed by atoms with Crippen LogP contribution in [0.5, 0.6) is 0 Å². The number of carbonyl (C=O) groups excluding carboxylic acids is 1. The predicted octanol–water partition coefficient (Wildman–Crippen LogP) is 5.99. The number of carbonyl (C=O) groups is 1. The number of nitrogens with one attached hydrogen (secondary N) is 1. The van der Waals surface area contributed by atoms with E-state index in [0.29, 0.717) is 17.7 Å². The number of hydrogen-bond donors (Lipinski definition) is 1. The summed E-state index contributed by atoms with van der Waals surface area (Å²) < 4.78 is 97.2. The van der Waals surface area contributed by atoms with Gasteiger partial charge in [0.05, 0.1) is 24.3 Å². The van der Waals surface area contributed by atoms with E-state index in [1.807, 2.05) is 0 Å². The quantitative estimate of drug-likeness (QED) is 0.387. The van der Waals surface area contributed by atoms with Crippen LogP contribution in [-0.4, -0.2) is 24.0 Å². The van der Waals surface area contributed by atoms with Crippen molar-refractivity contribution >= 4 is 5.91 Å². The topological polar surface area (TPSA) is 51.2 Å². The third-order valence-electron chi connectivity index (χ3n) is 4.98. The Hall–Kier alpha value is -3.47. The molecule has 1 atom stereocenters. The van der Waals surface area contributed by atoms with Gasteiger partial charge in [0, 0.05) is 18.7 Å². The molecule has 1 N–H and O–H groups in total. The molecule has 2 aromatic carbocycles. The van der Waals surface area contributed by atoms with Gasteiger partial charge in [0.25, 0.3) is 5.91 Å². The van der Waals surface area contributed by atoms with Crippen LogP contribution in [-0.2, 0) is 23.7 Å². The average molecular weight is 500 g/mol. The van der Waals surface area contributed by atoms with E-state index < -0.39 is 47.7 Å². The number of ether oxygens (including phenoxy) is 1. The van der Waals surface area contributed by atoms with Crippen molar-refractivity contribution in [3.8, 4) is 0 Å². The van der Waals surface area contributed by atoms with Crippen molar-refractivity contribution in [2.24, 2.45) is 0 Å². The van der Waals surface area contributed by atoms with E-state index in [1.165, 1.54) is 36.5 Å². The van der Waals surface area contributed by atoms with Crippen molar-refractivity contribution in [3.63, 3.8) is 0 Å². The predicted molar refractivity (Wildman–Crippen MR) is 112 cm³/mol. The number of benzene rings is 2. The van der Waals surface area contributed by atoms with Crippen LogP contribution in [0.3, 0.4) is 0 Å². The van der Waals surface area contributed by atoms with E-state index in [0.717, 1.165) is 0 Å². The van der Waals surface area contributed by atoms with Gasteiger partial charge in [-0.3, -0.25) is 9.78 Å². The maximum atomic E-state index is 13.3. The molecular weight excluding hydrogens is 481 g/mol. The smallest absolute Gasteiger partial charge is 0.376 e. The minimum atomic E-state index is -4.97. The highest BCUT2D eigenvalue weighted by atomic mass is 19.4. The number of hydrogen-bond acceptors (Lipinski definition) is 3. The van der Waals surface area contributed by atoms with Gasteiger partial charge in [-0.2, -0.15) is 26.3 Å². The van der Waals surface area contributed by atoms with E-state index in [2.05, 4.69) is 10.3 Å². The average Bonchev–Trinajstić information content (AvgIpc) is 2.81. The molecule has 0 radical (unpaired) electrons. The maximum Gasteiger partial charge on any atom is 0.416 e. The Morgan fingerprint density at radius 1 is 0.914 bits per heavy atom. The molecule has 1 aromatic heterocycles. The summed E-state index contributed by atoms with van der Waals surface area (Å²) in [6, 6.07) is 11.2. The molecular formula is C24H19F7N2O2. The number of aromatic nitrogens is 1. The number of alkyl halides is 6. The molecule has 0 bridgehead atoms. The first kappa shape index (κ1) is 26.1. The summed E-state index contributed by atoms with van der Waals surface area (Å²) in [5.41, 5.74) is -2.50. The second-order valence-electron chi connectivity index (χ2n) is 7.60. The number of amides is 1. The fraction of sp³-hybridized carbons (Fsp3) is 0.250. The third-order valence-corrected chi connectivity index (χ3v) is 4.98. The Kier molecular flexibility index (Phi) is 8.11. The van der Waals surface area contributed by atoms with E-state index in [9.17, 15) is 35.5 Å². The zero-order chi connectivity index (χ0) is 25.6. The van der Waals surface area contributed by atoms with Gasteiger partial charge >= 0.3 is 12.4 Å². The lowest BCUT2D eigenvalue weighted by Gasteiger charge is -2.19. The van der Waals surface area contributed by atoms with Gasteiger partial charge in [-0.1, -0.05) is 18.2 Å². The second-order valence-corrected chi connectivity index (χ2v) is 7.60. The van der Waals surface area contributed by atoms with Crippen molar-refractivity contribution in [3.05, 3.63) is 101 Å². The van der Waals surface area contributed by atoms with Crippen LogP contribution in [0.15, 0.2) is 66.9 Å². The largest absolute Gasteiger partial charge is 0.416 e. The molecule has 3 aromatic rings. The van der Waals surface area contributed by atoms with Crippen LogP contribution in [0.4, 0.5) is 30.7 Å². The first-order valence-electron chi connectivity index (χ1n) is 10.2. The summed E-state index contributed by atoms with van der Waals surface area (Å²) in [6.45, 7) is -0.720. The summed E-state index contributed by atoms with van der Waals surface area (Å²) in [4.78, 5) is 16.2. The lowest BCUT2D eigenvalue weighted by Crippen LogP contribution is -2.30. The van der Waals surface area contributed by atoms with Crippen molar-refractivity contribution in [2.75, 3.05) is 13.2 Å². The highest BCUT2D eigenvalue weighted by Gasteiger charge is 2.36. The summed E-state index contributed by atoms with van der Waals surface area (Å²) >= 11 is 0. The Morgan fingerprint density at radius 2 is 1.54 bits per heavy atom. The van der Waals surface area contributed by atoms with Crippen LogP contribution in [0.1, 0.15) is 38.7 Å². The third kappa shape index (κ3) is 7.51. The Labute approximate surface area is 195 Å². The standard InChI is InChI=1S/C24H19F7N2O2/c25-20-6-4-16(5-7-20)17(12-33-22(34)21-3-1-2-8-32-21)14-35-13-15-9-18(23(26,27)28)11-19(10-15)24(29,30)31/h1-11,17H,12-14H2,(H,33,34). The molecule has 1 unspecified atom stereocenters. The van der Waals surface area contributed by atoms with Crippen molar-refractivity contribution in [1.29, 1.82) is 0 Å². The number of halogens is 7. The number of rotatable bonds is 8. The highest BCUT2D eigenvalue weighted by Crippen LogP contribution is 2.36. The van der Waals surface area contributed by atoms with Gasteiger partial charge in [-0.05, 0) is 53.6 Å². The van der Waals surface area contributed by atoms with Crippen molar-refractivity contribution in [1.82, 2.24) is 10.3 Å². The minimum Gasteiger partial charge on any atom is -0.376 e. The molecule has 0 aliphatic carbocycles. The summed E-state index contributed by atoms with van der Waals surface area (Å²) in [7, 11) is 0. The molecule has 1 amide bonds. The lowest BCUT2D eigenvalue weighted by molar-refractivity contribution is -0.143. The molecule has 0 aliphatic rings. The van der Waals surface area contributed by atoms with Gasteiger partial charge in [0.15, 0.2) is 0 Å².